The second-order valence-electron chi connectivity index (χ2n) is 6.51. The van der Waals surface area contributed by atoms with E-state index in [1.54, 1.807) is 0 Å². The molecule has 0 aromatic rings. The van der Waals surface area contributed by atoms with Crippen molar-refractivity contribution in [2.45, 2.75) is 52.6 Å². The Kier molecular flexibility index (Phi) is 8.69. The van der Waals surface area contributed by atoms with Crippen molar-refractivity contribution >= 4 is 6.03 Å². The smallest absolute Gasteiger partial charge is 0.314 e. The topological polar surface area (TPSA) is 64.6 Å². The number of aliphatic hydroxyl groups excluding tert-OH is 1. The number of likely N-dealkylation sites (tertiary alicyclic amines) is 1. The second-order valence-corrected chi connectivity index (χ2v) is 6.51. The first-order chi connectivity index (χ1) is 10.0. The summed E-state index contributed by atoms with van der Waals surface area (Å²) in [6, 6.07) is -0.178. The van der Waals surface area contributed by atoms with Crippen molar-refractivity contribution in [1.82, 2.24) is 15.5 Å². The predicted octanol–water partition coefficient (Wildman–Crippen LogP) is 1.81. The zero-order valence-electron chi connectivity index (χ0n) is 13.9. The fraction of sp³-hybridized carbons (Fsp3) is 0.938. The molecule has 0 bridgehead atoms. The highest BCUT2D eigenvalue weighted by Crippen LogP contribution is 2.10. The van der Waals surface area contributed by atoms with E-state index in [1.807, 2.05) is 13.8 Å². The largest absolute Gasteiger partial charge is 0.391 e. The van der Waals surface area contributed by atoms with Crippen LogP contribution in [-0.4, -0.2) is 54.9 Å². The summed E-state index contributed by atoms with van der Waals surface area (Å²) in [5.74, 6) is 0.664. The van der Waals surface area contributed by atoms with Crippen LogP contribution >= 0.6 is 0 Å². The van der Waals surface area contributed by atoms with Crippen molar-refractivity contribution in [2.75, 3.05) is 32.7 Å². The third kappa shape index (κ3) is 7.67. The van der Waals surface area contributed by atoms with E-state index in [4.69, 9.17) is 0 Å². The van der Waals surface area contributed by atoms with Crippen LogP contribution < -0.4 is 10.6 Å². The number of hydrogen-bond acceptors (Lipinski definition) is 3. The quantitative estimate of drug-likeness (QED) is 0.640. The molecule has 0 radical (unpaired) electrons. The highest BCUT2D eigenvalue weighted by Gasteiger charge is 2.15. The Morgan fingerprint density at radius 3 is 2.38 bits per heavy atom. The average Bonchev–Trinajstić information content (AvgIpc) is 2.50. The monoisotopic (exact) mass is 299 g/mol. The van der Waals surface area contributed by atoms with E-state index in [1.165, 1.54) is 32.4 Å². The fourth-order valence-corrected chi connectivity index (χ4v) is 2.65. The number of aliphatic hydroxyl groups is 1. The van der Waals surface area contributed by atoms with Gasteiger partial charge in [-0.3, -0.25) is 0 Å². The first-order valence-electron chi connectivity index (χ1n) is 8.45. The van der Waals surface area contributed by atoms with Gasteiger partial charge in [-0.05, 0) is 37.8 Å². The lowest BCUT2D eigenvalue weighted by atomic mass is 10.0. The summed E-state index contributed by atoms with van der Waals surface area (Å²) in [7, 11) is 0. The molecule has 0 aromatic carbocycles. The van der Waals surface area contributed by atoms with Crippen LogP contribution in [0.1, 0.15) is 46.5 Å². The maximum Gasteiger partial charge on any atom is 0.314 e. The summed E-state index contributed by atoms with van der Waals surface area (Å²) in [5.41, 5.74) is 0. The Morgan fingerprint density at radius 2 is 1.76 bits per heavy atom. The second kappa shape index (κ2) is 10.0. The van der Waals surface area contributed by atoms with Gasteiger partial charge in [-0.15, -0.1) is 0 Å². The fourth-order valence-electron chi connectivity index (χ4n) is 2.65. The van der Waals surface area contributed by atoms with Gasteiger partial charge in [0.15, 0.2) is 0 Å². The van der Waals surface area contributed by atoms with Gasteiger partial charge in [0.25, 0.3) is 0 Å². The Bertz CT molecular complexity index is 293. The molecule has 1 saturated heterocycles. The van der Waals surface area contributed by atoms with E-state index < -0.39 is 6.10 Å². The van der Waals surface area contributed by atoms with Crippen LogP contribution in [0.2, 0.25) is 0 Å². The number of urea groups is 1. The zero-order chi connectivity index (χ0) is 15.7. The summed E-state index contributed by atoms with van der Waals surface area (Å²) in [6.45, 7) is 10.6. The molecule has 3 atom stereocenters. The highest BCUT2D eigenvalue weighted by molar-refractivity contribution is 5.73. The van der Waals surface area contributed by atoms with Gasteiger partial charge in [0.2, 0.25) is 0 Å². The third-order valence-electron chi connectivity index (χ3n) is 4.40. The average molecular weight is 299 g/mol. The number of nitrogens with one attached hydrogen (secondary N) is 2. The van der Waals surface area contributed by atoms with Gasteiger partial charge in [0, 0.05) is 19.6 Å². The van der Waals surface area contributed by atoms with Gasteiger partial charge < -0.3 is 20.6 Å². The molecule has 1 heterocycles. The van der Waals surface area contributed by atoms with Gasteiger partial charge in [0.1, 0.15) is 0 Å². The van der Waals surface area contributed by atoms with E-state index in [0.717, 1.165) is 13.0 Å². The number of nitrogens with zero attached hydrogens (tertiary/aromatic N) is 1. The first kappa shape index (κ1) is 18.2. The molecule has 0 aromatic heterocycles. The highest BCUT2D eigenvalue weighted by atomic mass is 16.3. The third-order valence-corrected chi connectivity index (χ3v) is 4.40. The number of hydrogen-bond donors (Lipinski definition) is 3. The first-order valence-corrected chi connectivity index (χ1v) is 8.45. The van der Waals surface area contributed by atoms with Crippen molar-refractivity contribution in [2.24, 2.45) is 11.8 Å². The number of piperidine rings is 1. The molecule has 1 aliphatic rings. The molecular formula is C16H33N3O2. The minimum Gasteiger partial charge on any atom is -0.391 e. The molecule has 2 amide bonds. The van der Waals surface area contributed by atoms with Crippen molar-refractivity contribution in [3.8, 4) is 0 Å². The molecular weight excluding hydrogens is 266 g/mol. The minimum absolute atomic E-state index is 0.178. The number of amides is 2. The van der Waals surface area contributed by atoms with E-state index >= 15 is 0 Å². The van der Waals surface area contributed by atoms with Crippen LogP contribution in [0.25, 0.3) is 0 Å². The molecule has 3 N–H and O–H groups in total. The number of carbonyl (C=O) groups is 1. The Morgan fingerprint density at radius 1 is 1.14 bits per heavy atom. The van der Waals surface area contributed by atoms with Crippen molar-refractivity contribution in [3.63, 3.8) is 0 Å². The molecule has 1 fully saturated rings. The van der Waals surface area contributed by atoms with E-state index in [0.29, 0.717) is 19.0 Å². The molecule has 0 aliphatic carbocycles. The molecule has 1 aliphatic heterocycles. The lowest BCUT2D eigenvalue weighted by Gasteiger charge is -2.29. The van der Waals surface area contributed by atoms with Gasteiger partial charge in [0.05, 0.1) is 6.10 Å². The van der Waals surface area contributed by atoms with Crippen LogP contribution in [0, 0.1) is 11.8 Å². The van der Waals surface area contributed by atoms with E-state index in [2.05, 4.69) is 22.5 Å². The van der Waals surface area contributed by atoms with E-state index in [9.17, 15) is 9.90 Å². The summed E-state index contributed by atoms with van der Waals surface area (Å²) in [4.78, 5) is 14.2. The van der Waals surface area contributed by atoms with E-state index in [-0.39, 0.29) is 11.9 Å². The summed E-state index contributed by atoms with van der Waals surface area (Å²) < 4.78 is 0. The molecule has 3 unspecified atom stereocenters. The Hall–Kier alpha value is -0.810. The molecule has 21 heavy (non-hydrogen) atoms. The predicted molar refractivity (Wildman–Crippen MR) is 86.3 cm³/mol. The molecule has 1 rings (SSSR count). The van der Waals surface area contributed by atoms with Crippen LogP contribution in [0.3, 0.4) is 0 Å². The van der Waals surface area contributed by atoms with Gasteiger partial charge in [-0.25, -0.2) is 4.79 Å². The van der Waals surface area contributed by atoms with Crippen LogP contribution in [-0.2, 0) is 0 Å². The normalized spacial score (nSPS) is 20.6. The SMILES string of the molecule is CCC(C)C(O)CNC(=O)NCC(C)CN1CCCCC1. The summed E-state index contributed by atoms with van der Waals surface area (Å²) in [6.07, 6.45) is 4.40. The summed E-state index contributed by atoms with van der Waals surface area (Å²) in [5, 5.41) is 15.5. The Labute approximate surface area is 129 Å². The number of rotatable bonds is 8. The van der Waals surface area contributed by atoms with Crippen molar-refractivity contribution < 1.29 is 9.90 Å². The van der Waals surface area contributed by atoms with Gasteiger partial charge in [-0.2, -0.15) is 0 Å². The molecule has 124 valence electrons. The minimum atomic E-state index is -0.466. The lowest BCUT2D eigenvalue weighted by molar-refractivity contribution is 0.114. The Balaban J connectivity index is 2.11. The van der Waals surface area contributed by atoms with Crippen LogP contribution in [0.5, 0.6) is 0 Å². The van der Waals surface area contributed by atoms with Crippen LogP contribution in [0.15, 0.2) is 0 Å². The maximum atomic E-state index is 11.7. The lowest BCUT2D eigenvalue weighted by Crippen LogP contribution is -2.44. The standard InChI is InChI=1S/C16H33N3O2/c1-4-14(3)15(20)11-18-16(21)17-10-13(2)12-19-8-6-5-7-9-19/h13-15,20H,4-12H2,1-3H3,(H2,17,18,21). The zero-order valence-corrected chi connectivity index (χ0v) is 13.9. The van der Waals surface area contributed by atoms with Gasteiger partial charge in [-0.1, -0.05) is 33.6 Å². The molecule has 0 spiro atoms. The van der Waals surface area contributed by atoms with Gasteiger partial charge >= 0.3 is 6.03 Å². The number of carbonyl (C=O) groups excluding carboxylic acids is 1. The van der Waals surface area contributed by atoms with Crippen molar-refractivity contribution in [3.05, 3.63) is 0 Å². The van der Waals surface area contributed by atoms with Crippen molar-refractivity contribution in [1.29, 1.82) is 0 Å². The molecule has 5 heteroatoms. The maximum absolute atomic E-state index is 11.7. The van der Waals surface area contributed by atoms with Crippen LogP contribution in [0.4, 0.5) is 4.79 Å². The molecule has 5 nitrogen and oxygen atoms in total. The molecule has 0 saturated carbocycles. The summed E-state index contributed by atoms with van der Waals surface area (Å²) >= 11 is 0.